The summed E-state index contributed by atoms with van der Waals surface area (Å²) in [5, 5.41) is 13.6. The summed E-state index contributed by atoms with van der Waals surface area (Å²) >= 11 is 0. The quantitative estimate of drug-likeness (QED) is 0.619. The lowest BCUT2D eigenvalue weighted by atomic mass is 9.99. The number of aliphatic carboxylic acids is 1. The van der Waals surface area contributed by atoms with Crippen molar-refractivity contribution < 1.29 is 19.5 Å². The number of carbonyl (C=O) groups is 3. The first kappa shape index (κ1) is 16.2. The number of amides is 3. The van der Waals surface area contributed by atoms with Crippen molar-refractivity contribution in [2.24, 2.45) is 5.92 Å². The summed E-state index contributed by atoms with van der Waals surface area (Å²) in [5.41, 5.74) is 0. The van der Waals surface area contributed by atoms with Gasteiger partial charge in [0.05, 0.1) is 6.54 Å². The van der Waals surface area contributed by atoms with Crippen LogP contribution in [0, 0.1) is 5.92 Å². The largest absolute Gasteiger partial charge is 0.480 e. The minimum absolute atomic E-state index is 0.161. The molecule has 0 aromatic rings. The second-order valence-corrected chi connectivity index (χ2v) is 4.32. The summed E-state index contributed by atoms with van der Waals surface area (Å²) in [5.74, 6) is -1.53. The monoisotopic (exact) mass is 259 g/mol. The molecule has 0 heterocycles. The van der Waals surface area contributed by atoms with E-state index in [0.29, 0.717) is 6.42 Å². The van der Waals surface area contributed by atoms with Gasteiger partial charge in [-0.15, -0.1) is 0 Å². The molecule has 18 heavy (non-hydrogen) atoms. The smallest absolute Gasteiger partial charge is 0.326 e. The Hall–Kier alpha value is -1.79. The van der Waals surface area contributed by atoms with Gasteiger partial charge in [0.15, 0.2) is 0 Å². The SMILES string of the molecule is CCC(C)[C@H](NC(=O)NCC(=O)N(C)C)C(=O)O. The van der Waals surface area contributed by atoms with Crippen molar-refractivity contribution >= 4 is 17.9 Å². The highest BCUT2D eigenvalue weighted by atomic mass is 16.4. The third kappa shape index (κ3) is 5.51. The van der Waals surface area contributed by atoms with Crippen LogP contribution in [-0.2, 0) is 9.59 Å². The van der Waals surface area contributed by atoms with E-state index in [1.807, 2.05) is 6.92 Å². The lowest BCUT2D eigenvalue weighted by molar-refractivity contribution is -0.140. The molecule has 0 spiro atoms. The average molecular weight is 259 g/mol. The van der Waals surface area contributed by atoms with Crippen LogP contribution in [-0.4, -0.2) is 54.6 Å². The Kier molecular flexibility index (Phi) is 6.77. The Balaban J connectivity index is 4.27. The molecular formula is C11H21N3O4. The number of likely N-dealkylation sites (N-methyl/N-ethyl adjacent to an activating group) is 1. The Bertz CT molecular complexity index is 317. The van der Waals surface area contributed by atoms with Crippen molar-refractivity contribution in [3.63, 3.8) is 0 Å². The molecular weight excluding hydrogens is 238 g/mol. The van der Waals surface area contributed by atoms with Crippen LogP contribution in [0.25, 0.3) is 0 Å². The van der Waals surface area contributed by atoms with Crippen molar-refractivity contribution in [3.05, 3.63) is 0 Å². The zero-order chi connectivity index (χ0) is 14.3. The van der Waals surface area contributed by atoms with Crippen molar-refractivity contribution in [2.75, 3.05) is 20.6 Å². The van der Waals surface area contributed by atoms with Gasteiger partial charge in [0.2, 0.25) is 5.91 Å². The van der Waals surface area contributed by atoms with Crippen molar-refractivity contribution in [1.82, 2.24) is 15.5 Å². The number of nitrogens with zero attached hydrogens (tertiary/aromatic N) is 1. The van der Waals surface area contributed by atoms with E-state index in [9.17, 15) is 14.4 Å². The molecule has 0 fully saturated rings. The van der Waals surface area contributed by atoms with E-state index in [2.05, 4.69) is 10.6 Å². The van der Waals surface area contributed by atoms with Crippen LogP contribution < -0.4 is 10.6 Å². The van der Waals surface area contributed by atoms with Crippen LogP contribution in [0.15, 0.2) is 0 Å². The third-order valence-corrected chi connectivity index (χ3v) is 2.66. The molecule has 0 aliphatic carbocycles. The van der Waals surface area contributed by atoms with Crippen molar-refractivity contribution in [1.29, 1.82) is 0 Å². The lowest BCUT2D eigenvalue weighted by Crippen LogP contribution is -2.50. The Morgan fingerprint density at radius 3 is 2.22 bits per heavy atom. The van der Waals surface area contributed by atoms with Gasteiger partial charge < -0.3 is 20.6 Å². The number of hydrogen-bond donors (Lipinski definition) is 3. The summed E-state index contributed by atoms with van der Waals surface area (Å²) in [4.78, 5) is 35.0. The molecule has 3 amide bonds. The van der Waals surface area contributed by atoms with Crippen LogP contribution in [0.3, 0.4) is 0 Å². The zero-order valence-electron chi connectivity index (χ0n) is 11.2. The minimum atomic E-state index is -1.08. The fraction of sp³-hybridized carbons (Fsp3) is 0.727. The molecule has 2 atom stereocenters. The maximum Gasteiger partial charge on any atom is 0.326 e. The van der Waals surface area contributed by atoms with Gasteiger partial charge in [0.25, 0.3) is 0 Å². The first-order chi connectivity index (χ1) is 8.29. The van der Waals surface area contributed by atoms with E-state index < -0.39 is 18.0 Å². The van der Waals surface area contributed by atoms with Crippen LogP contribution in [0.4, 0.5) is 4.79 Å². The molecule has 3 N–H and O–H groups in total. The second kappa shape index (κ2) is 7.52. The van der Waals surface area contributed by atoms with Gasteiger partial charge in [-0.05, 0) is 5.92 Å². The molecule has 0 saturated carbocycles. The highest BCUT2D eigenvalue weighted by Crippen LogP contribution is 2.07. The highest BCUT2D eigenvalue weighted by molar-refractivity contribution is 5.86. The molecule has 0 aromatic heterocycles. The van der Waals surface area contributed by atoms with E-state index in [-0.39, 0.29) is 18.4 Å². The molecule has 0 saturated heterocycles. The van der Waals surface area contributed by atoms with E-state index >= 15 is 0 Å². The first-order valence-corrected chi connectivity index (χ1v) is 5.76. The van der Waals surface area contributed by atoms with Gasteiger partial charge in [-0.3, -0.25) is 4.79 Å². The molecule has 7 heteroatoms. The number of rotatable bonds is 6. The van der Waals surface area contributed by atoms with Gasteiger partial charge in [0, 0.05) is 14.1 Å². The summed E-state index contributed by atoms with van der Waals surface area (Å²) in [6, 6.07) is -1.61. The summed E-state index contributed by atoms with van der Waals surface area (Å²) < 4.78 is 0. The predicted molar refractivity (Wildman–Crippen MR) is 66.1 cm³/mol. The Morgan fingerprint density at radius 1 is 1.28 bits per heavy atom. The molecule has 7 nitrogen and oxygen atoms in total. The molecule has 0 bridgehead atoms. The number of carbonyl (C=O) groups excluding carboxylic acids is 2. The average Bonchev–Trinajstić information content (AvgIpc) is 2.31. The minimum Gasteiger partial charge on any atom is -0.480 e. The predicted octanol–water partition coefficient (Wildman–Crippen LogP) is -0.127. The van der Waals surface area contributed by atoms with Crippen LogP contribution in [0.2, 0.25) is 0 Å². The number of hydrogen-bond acceptors (Lipinski definition) is 3. The standard InChI is InChI=1S/C11H21N3O4/c1-5-7(2)9(10(16)17)13-11(18)12-6-8(15)14(3)4/h7,9H,5-6H2,1-4H3,(H,16,17)(H2,12,13,18)/t7?,9-/m0/s1. The van der Waals surface area contributed by atoms with Gasteiger partial charge in [-0.2, -0.15) is 0 Å². The van der Waals surface area contributed by atoms with Crippen molar-refractivity contribution in [2.45, 2.75) is 26.3 Å². The van der Waals surface area contributed by atoms with Gasteiger partial charge >= 0.3 is 12.0 Å². The van der Waals surface area contributed by atoms with Crippen LogP contribution in [0.5, 0.6) is 0 Å². The number of nitrogens with one attached hydrogen (secondary N) is 2. The second-order valence-electron chi connectivity index (χ2n) is 4.32. The molecule has 1 unspecified atom stereocenters. The van der Waals surface area contributed by atoms with E-state index in [0.717, 1.165) is 0 Å². The maximum absolute atomic E-state index is 11.4. The lowest BCUT2D eigenvalue weighted by Gasteiger charge is -2.20. The number of urea groups is 1. The van der Waals surface area contributed by atoms with Crippen LogP contribution >= 0.6 is 0 Å². The van der Waals surface area contributed by atoms with E-state index in [1.165, 1.54) is 4.90 Å². The molecule has 0 aromatic carbocycles. The highest BCUT2D eigenvalue weighted by Gasteiger charge is 2.25. The summed E-state index contributed by atoms with van der Waals surface area (Å²) in [6.07, 6.45) is 0.633. The maximum atomic E-state index is 11.4. The summed E-state index contributed by atoms with van der Waals surface area (Å²) in [7, 11) is 3.14. The molecule has 0 aliphatic rings. The molecule has 0 aliphatic heterocycles. The molecule has 0 radical (unpaired) electrons. The van der Waals surface area contributed by atoms with E-state index in [4.69, 9.17) is 5.11 Å². The first-order valence-electron chi connectivity index (χ1n) is 5.76. The fourth-order valence-corrected chi connectivity index (χ4v) is 1.19. The van der Waals surface area contributed by atoms with Gasteiger partial charge in [-0.25, -0.2) is 9.59 Å². The zero-order valence-corrected chi connectivity index (χ0v) is 11.2. The molecule has 0 rings (SSSR count). The normalized spacial score (nSPS) is 13.3. The van der Waals surface area contributed by atoms with Crippen LogP contribution in [0.1, 0.15) is 20.3 Å². The number of carboxylic acids is 1. The summed E-state index contributed by atoms with van der Waals surface area (Å²) in [6.45, 7) is 3.42. The van der Waals surface area contributed by atoms with Gasteiger partial charge in [0.1, 0.15) is 6.04 Å². The Morgan fingerprint density at radius 2 is 1.83 bits per heavy atom. The molecule has 104 valence electrons. The Labute approximate surface area is 107 Å². The topological polar surface area (TPSA) is 98.7 Å². The number of carboxylic acid groups (broad SMARTS) is 1. The van der Waals surface area contributed by atoms with Crippen molar-refractivity contribution in [3.8, 4) is 0 Å². The third-order valence-electron chi connectivity index (χ3n) is 2.66. The van der Waals surface area contributed by atoms with E-state index in [1.54, 1.807) is 21.0 Å². The van der Waals surface area contributed by atoms with Gasteiger partial charge in [-0.1, -0.05) is 20.3 Å². The fourth-order valence-electron chi connectivity index (χ4n) is 1.19.